The largest absolute Gasteiger partial charge is 0.481 e. The third-order valence-corrected chi connectivity index (χ3v) is 8.12. The second-order valence-electron chi connectivity index (χ2n) is 11.4. The summed E-state index contributed by atoms with van der Waals surface area (Å²) in [6.07, 6.45) is 2.91. The minimum Gasteiger partial charge on any atom is -0.481 e. The van der Waals surface area contributed by atoms with Crippen molar-refractivity contribution in [2.75, 3.05) is 44.2 Å². The highest BCUT2D eigenvalue weighted by molar-refractivity contribution is 5.86. The van der Waals surface area contributed by atoms with Crippen molar-refractivity contribution in [2.24, 2.45) is 5.92 Å². The lowest BCUT2D eigenvalue weighted by Crippen LogP contribution is -2.51. The lowest BCUT2D eigenvalue weighted by molar-refractivity contribution is -0.144. The molecule has 7 nitrogen and oxygen atoms in total. The first-order chi connectivity index (χ1) is 16.5. The SMILES string of the molecule is CC(C)(C)N1CC[C@](F)(C(=O)N2CCC(c3ccc(C#N)cc3N3CCC(C(=O)O)CC3)CC2)C1. The van der Waals surface area contributed by atoms with E-state index in [2.05, 4.69) is 11.0 Å². The minimum absolute atomic E-state index is 0.154. The summed E-state index contributed by atoms with van der Waals surface area (Å²) in [6, 6.07) is 7.96. The molecule has 0 unspecified atom stereocenters. The highest BCUT2D eigenvalue weighted by Gasteiger charge is 2.49. The van der Waals surface area contributed by atoms with Gasteiger partial charge in [0.2, 0.25) is 5.67 Å². The number of benzene rings is 1. The van der Waals surface area contributed by atoms with Gasteiger partial charge < -0.3 is 14.9 Å². The fourth-order valence-electron chi connectivity index (χ4n) is 5.80. The van der Waals surface area contributed by atoms with Crippen LogP contribution < -0.4 is 4.90 Å². The number of alkyl halides is 1. The van der Waals surface area contributed by atoms with E-state index in [1.165, 1.54) is 0 Å². The number of aliphatic carboxylic acids is 1. The number of rotatable bonds is 4. The maximum Gasteiger partial charge on any atom is 0.306 e. The van der Waals surface area contributed by atoms with E-state index in [9.17, 15) is 20.0 Å². The Hall–Kier alpha value is -2.66. The van der Waals surface area contributed by atoms with Gasteiger partial charge in [-0.05, 0) is 70.1 Å². The van der Waals surface area contributed by atoms with Crippen LogP contribution in [0.25, 0.3) is 0 Å². The van der Waals surface area contributed by atoms with E-state index in [4.69, 9.17) is 0 Å². The van der Waals surface area contributed by atoms with E-state index >= 15 is 4.39 Å². The molecule has 35 heavy (non-hydrogen) atoms. The van der Waals surface area contributed by atoms with Crippen LogP contribution in [0.1, 0.15) is 69.9 Å². The van der Waals surface area contributed by atoms with Gasteiger partial charge in [-0.15, -0.1) is 0 Å². The number of hydrogen-bond donors (Lipinski definition) is 1. The topological polar surface area (TPSA) is 87.9 Å². The molecule has 8 heteroatoms. The molecule has 0 aromatic heterocycles. The van der Waals surface area contributed by atoms with Crippen molar-refractivity contribution in [1.29, 1.82) is 5.26 Å². The number of piperidine rings is 2. The first kappa shape index (κ1) is 25.4. The van der Waals surface area contributed by atoms with Crippen molar-refractivity contribution >= 4 is 17.6 Å². The Morgan fingerprint density at radius 2 is 1.74 bits per heavy atom. The molecule has 1 amide bonds. The Bertz CT molecular complexity index is 1000. The monoisotopic (exact) mass is 484 g/mol. The predicted octanol–water partition coefficient (Wildman–Crippen LogP) is 3.78. The first-order valence-electron chi connectivity index (χ1n) is 12.8. The first-order valence-corrected chi connectivity index (χ1v) is 12.8. The molecule has 3 saturated heterocycles. The van der Waals surface area contributed by atoms with Crippen molar-refractivity contribution in [1.82, 2.24) is 9.80 Å². The second-order valence-corrected chi connectivity index (χ2v) is 11.4. The van der Waals surface area contributed by atoms with Crippen molar-refractivity contribution in [3.63, 3.8) is 0 Å². The van der Waals surface area contributed by atoms with Gasteiger partial charge in [0.05, 0.1) is 17.6 Å². The quantitative estimate of drug-likeness (QED) is 0.700. The highest BCUT2D eigenvalue weighted by Crippen LogP contribution is 2.39. The van der Waals surface area contributed by atoms with Gasteiger partial charge in [0.15, 0.2) is 0 Å². The molecule has 0 radical (unpaired) electrons. The molecule has 1 aromatic carbocycles. The van der Waals surface area contributed by atoms with Crippen molar-refractivity contribution < 1.29 is 19.1 Å². The van der Waals surface area contributed by atoms with Crippen molar-refractivity contribution in [3.05, 3.63) is 29.3 Å². The number of amides is 1. The van der Waals surface area contributed by atoms with Gasteiger partial charge in [0.25, 0.3) is 5.91 Å². The molecule has 3 heterocycles. The maximum absolute atomic E-state index is 15.7. The number of carboxylic acid groups (broad SMARTS) is 1. The number of nitrogens with zero attached hydrogens (tertiary/aromatic N) is 4. The molecular formula is C27H37FN4O3. The summed E-state index contributed by atoms with van der Waals surface area (Å²) >= 11 is 0. The smallest absolute Gasteiger partial charge is 0.306 e. The van der Waals surface area contributed by atoms with Gasteiger partial charge in [0, 0.05) is 56.9 Å². The summed E-state index contributed by atoms with van der Waals surface area (Å²) in [7, 11) is 0. The Kier molecular flexibility index (Phi) is 7.10. The number of likely N-dealkylation sites (tertiary alicyclic amines) is 2. The van der Waals surface area contributed by atoms with Crippen molar-refractivity contribution in [3.8, 4) is 6.07 Å². The van der Waals surface area contributed by atoms with Crippen LogP contribution in [0.3, 0.4) is 0 Å². The molecule has 4 rings (SSSR count). The third kappa shape index (κ3) is 5.30. The van der Waals surface area contributed by atoms with Gasteiger partial charge in [-0.1, -0.05) is 6.07 Å². The number of carboxylic acids is 1. The van der Waals surface area contributed by atoms with E-state index in [0.29, 0.717) is 51.1 Å². The summed E-state index contributed by atoms with van der Waals surface area (Å²) in [5.74, 6) is -1.23. The lowest BCUT2D eigenvalue weighted by atomic mass is 9.86. The molecular weight excluding hydrogens is 447 g/mol. The number of hydrogen-bond acceptors (Lipinski definition) is 5. The summed E-state index contributed by atoms with van der Waals surface area (Å²) in [5, 5.41) is 18.8. The van der Waals surface area contributed by atoms with Crippen LogP contribution in [0.15, 0.2) is 18.2 Å². The Morgan fingerprint density at radius 1 is 1.09 bits per heavy atom. The van der Waals surface area contributed by atoms with E-state index in [-0.39, 0.29) is 36.2 Å². The van der Waals surface area contributed by atoms with Gasteiger partial charge in [0.1, 0.15) is 0 Å². The zero-order chi connectivity index (χ0) is 25.4. The standard InChI is InChI=1S/C27H37FN4O3/c1-26(2,3)32-15-10-27(28,18-32)25(35)31-13-6-20(7-14-31)22-5-4-19(17-29)16-23(22)30-11-8-21(9-12-30)24(33)34/h4-5,16,20-21H,6-15,18H2,1-3H3,(H,33,34)/t27-/m1/s1. The normalized spacial score (nSPS) is 25.0. The minimum atomic E-state index is -1.81. The molecule has 0 bridgehead atoms. The van der Waals surface area contributed by atoms with Crippen LogP contribution in [0, 0.1) is 17.2 Å². The molecule has 1 N–H and O–H groups in total. The average Bonchev–Trinajstić information content (AvgIpc) is 3.27. The molecule has 190 valence electrons. The molecule has 3 fully saturated rings. The number of carbonyl (C=O) groups excluding carboxylic acids is 1. The highest BCUT2D eigenvalue weighted by atomic mass is 19.1. The summed E-state index contributed by atoms with van der Waals surface area (Å²) < 4.78 is 15.7. The number of halogens is 1. The number of carbonyl (C=O) groups is 2. The fourth-order valence-corrected chi connectivity index (χ4v) is 5.80. The predicted molar refractivity (Wildman–Crippen MR) is 132 cm³/mol. The lowest BCUT2D eigenvalue weighted by Gasteiger charge is -2.38. The van der Waals surface area contributed by atoms with Crippen LogP contribution in [0.4, 0.5) is 10.1 Å². The maximum atomic E-state index is 15.7. The van der Waals surface area contributed by atoms with Gasteiger partial charge >= 0.3 is 5.97 Å². The van der Waals surface area contributed by atoms with Gasteiger partial charge in [-0.3, -0.25) is 14.5 Å². The summed E-state index contributed by atoms with van der Waals surface area (Å²) in [5.41, 5.74) is 0.747. The van der Waals surface area contributed by atoms with Crippen LogP contribution in [-0.4, -0.2) is 77.3 Å². The van der Waals surface area contributed by atoms with Gasteiger partial charge in [-0.25, -0.2) is 4.39 Å². The van der Waals surface area contributed by atoms with Crippen LogP contribution in [0.2, 0.25) is 0 Å². The summed E-state index contributed by atoms with van der Waals surface area (Å²) in [6.45, 7) is 9.22. The van der Waals surface area contributed by atoms with E-state index in [1.807, 2.05) is 43.9 Å². The zero-order valence-corrected chi connectivity index (χ0v) is 21.1. The third-order valence-electron chi connectivity index (χ3n) is 8.12. The van der Waals surface area contributed by atoms with Crippen LogP contribution >= 0.6 is 0 Å². The van der Waals surface area contributed by atoms with E-state index in [1.54, 1.807) is 4.90 Å². The average molecular weight is 485 g/mol. The molecule has 0 spiro atoms. The number of nitriles is 1. The van der Waals surface area contributed by atoms with E-state index < -0.39 is 11.6 Å². The molecule has 0 aliphatic carbocycles. The van der Waals surface area contributed by atoms with Gasteiger partial charge in [-0.2, -0.15) is 5.26 Å². The summed E-state index contributed by atoms with van der Waals surface area (Å²) in [4.78, 5) is 30.5. The Labute approximate surface area is 207 Å². The number of anilines is 1. The fraction of sp³-hybridized carbons (Fsp3) is 0.667. The van der Waals surface area contributed by atoms with Crippen molar-refractivity contribution in [2.45, 2.75) is 70.0 Å². The van der Waals surface area contributed by atoms with Crippen LogP contribution in [-0.2, 0) is 9.59 Å². The van der Waals surface area contributed by atoms with E-state index in [0.717, 1.165) is 24.1 Å². The zero-order valence-electron chi connectivity index (χ0n) is 21.1. The Morgan fingerprint density at radius 3 is 2.29 bits per heavy atom. The van der Waals surface area contributed by atoms with Crippen LogP contribution in [0.5, 0.6) is 0 Å². The molecule has 1 atom stereocenters. The molecule has 3 aliphatic heterocycles. The molecule has 1 aromatic rings. The molecule has 0 saturated carbocycles. The second kappa shape index (κ2) is 9.77. The molecule has 3 aliphatic rings. The Balaban J connectivity index is 1.44.